The van der Waals surface area contributed by atoms with Gasteiger partial charge >= 0.3 is 0 Å². The fourth-order valence-electron chi connectivity index (χ4n) is 1.06. The predicted octanol–water partition coefficient (Wildman–Crippen LogP) is 0.882. The Kier molecular flexibility index (Phi) is 3.34. The van der Waals surface area contributed by atoms with Crippen LogP contribution in [0.15, 0.2) is 0 Å². The number of nitrogens with zero attached hydrogens (tertiary/aromatic N) is 1. The monoisotopic (exact) mass is 205 g/mol. The van der Waals surface area contributed by atoms with Crippen molar-refractivity contribution in [2.75, 3.05) is 20.7 Å². The molecule has 68 valence electrons. The van der Waals surface area contributed by atoms with Gasteiger partial charge in [-0.1, -0.05) is 11.8 Å². The van der Waals surface area contributed by atoms with Crippen LogP contribution < -0.4 is 0 Å². The number of hydrogen-bond donors (Lipinski definition) is 0. The molecular weight excluding hydrogens is 194 g/mol. The Morgan fingerprint density at radius 3 is 2.92 bits per heavy atom. The zero-order valence-electron chi connectivity index (χ0n) is 7.07. The fourth-order valence-corrected chi connectivity index (χ4v) is 2.24. The van der Waals surface area contributed by atoms with Crippen LogP contribution in [-0.2, 0) is 9.53 Å². The van der Waals surface area contributed by atoms with Gasteiger partial charge in [-0.25, -0.2) is 0 Å². The molecule has 0 radical (unpaired) electrons. The molecular formula is C7H11NO2S2. The van der Waals surface area contributed by atoms with E-state index in [0.717, 1.165) is 13.0 Å². The highest BCUT2D eigenvalue weighted by atomic mass is 32.2. The molecule has 1 fully saturated rings. The Morgan fingerprint density at radius 2 is 2.50 bits per heavy atom. The molecule has 0 aliphatic carbocycles. The van der Waals surface area contributed by atoms with E-state index in [0.29, 0.717) is 4.38 Å². The number of thioether (sulfide) groups is 1. The minimum absolute atomic E-state index is 0.0255. The van der Waals surface area contributed by atoms with Crippen molar-refractivity contribution in [2.45, 2.75) is 11.7 Å². The second-order valence-electron chi connectivity index (χ2n) is 2.61. The van der Waals surface area contributed by atoms with E-state index >= 15 is 0 Å². The third kappa shape index (κ3) is 2.10. The third-order valence-corrected chi connectivity index (χ3v) is 3.32. The first-order valence-corrected chi connectivity index (χ1v) is 4.93. The highest BCUT2D eigenvalue weighted by Gasteiger charge is 2.30. The van der Waals surface area contributed by atoms with Gasteiger partial charge in [0.05, 0.1) is 12.4 Å². The molecule has 0 aromatic heterocycles. The zero-order valence-corrected chi connectivity index (χ0v) is 8.70. The lowest BCUT2D eigenvalue weighted by atomic mass is 10.4. The average Bonchev–Trinajstić information content (AvgIpc) is 2.36. The van der Waals surface area contributed by atoms with Crippen molar-refractivity contribution >= 4 is 34.3 Å². The van der Waals surface area contributed by atoms with Crippen LogP contribution in [0.1, 0.15) is 6.42 Å². The van der Waals surface area contributed by atoms with Crippen LogP contribution in [0.2, 0.25) is 0 Å². The Balaban J connectivity index is 2.44. The first-order valence-electron chi connectivity index (χ1n) is 3.64. The summed E-state index contributed by atoms with van der Waals surface area (Å²) in [7, 11) is 3.33. The van der Waals surface area contributed by atoms with Crippen molar-refractivity contribution in [3.8, 4) is 0 Å². The van der Waals surface area contributed by atoms with Gasteiger partial charge in [-0.3, -0.25) is 4.79 Å². The molecule has 5 heteroatoms. The van der Waals surface area contributed by atoms with E-state index in [-0.39, 0.29) is 11.2 Å². The van der Waals surface area contributed by atoms with E-state index in [4.69, 9.17) is 17.0 Å². The van der Waals surface area contributed by atoms with Crippen LogP contribution in [0.4, 0.5) is 0 Å². The van der Waals surface area contributed by atoms with Crippen molar-refractivity contribution in [3.63, 3.8) is 0 Å². The van der Waals surface area contributed by atoms with Crippen molar-refractivity contribution < 1.29 is 9.53 Å². The number of amides is 1. The molecule has 0 aromatic rings. The lowest BCUT2D eigenvalue weighted by Crippen LogP contribution is -2.24. The lowest BCUT2D eigenvalue weighted by Gasteiger charge is -2.09. The summed E-state index contributed by atoms with van der Waals surface area (Å²) in [5, 5.41) is -0.0255. The molecule has 0 N–H and O–H groups in total. The summed E-state index contributed by atoms with van der Waals surface area (Å²) in [6, 6.07) is 0. The fraction of sp³-hybridized carbons (Fsp3) is 0.714. The van der Waals surface area contributed by atoms with E-state index in [9.17, 15) is 4.79 Å². The molecule has 1 unspecified atom stereocenters. The smallest absolute Gasteiger partial charge is 0.236 e. The van der Waals surface area contributed by atoms with Gasteiger partial charge in [0, 0.05) is 13.6 Å². The summed E-state index contributed by atoms with van der Waals surface area (Å²) >= 11 is 6.19. The van der Waals surface area contributed by atoms with Gasteiger partial charge in [0.15, 0.2) is 0 Å². The van der Waals surface area contributed by atoms with Gasteiger partial charge in [0.1, 0.15) is 0 Å². The summed E-state index contributed by atoms with van der Waals surface area (Å²) in [4.78, 5) is 13.1. The first kappa shape index (κ1) is 9.80. The van der Waals surface area contributed by atoms with Crippen molar-refractivity contribution in [3.05, 3.63) is 0 Å². The number of rotatable bonds is 1. The van der Waals surface area contributed by atoms with Crippen LogP contribution in [0, 0.1) is 0 Å². The van der Waals surface area contributed by atoms with Crippen LogP contribution in [0.5, 0.6) is 0 Å². The average molecular weight is 205 g/mol. The topological polar surface area (TPSA) is 29.5 Å². The molecule has 0 saturated carbocycles. The normalized spacial score (nSPS) is 23.0. The minimum atomic E-state index is -0.0255. The van der Waals surface area contributed by atoms with Crippen LogP contribution in [-0.4, -0.2) is 41.1 Å². The Morgan fingerprint density at radius 1 is 1.83 bits per heavy atom. The molecule has 12 heavy (non-hydrogen) atoms. The van der Waals surface area contributed by atoms with Gasteiger partial charge in [-0.15, -0.1) is 0 Å². The molecule has 1 heterocycles. The molecule has 1 saturated heterocycles. The van der Waals surface area contributed by atoms with Crippen LogP contribution in [0.25, 0.3) is 0 Å². The Labute approximate surface area is 81.4 Å². The summed E-state index contributed by atoms with van der Waals surface area (Å²) in [6.07, 6.45) is 0.865. The molecule has 3 nitrogen and oxygen atoms in total. The molecule has 1 aliphatic heterocycles. The van der Waals surface area contributed by atoms with E-state index in [1.54, 1.807) is 11.9 Å². The summed E-state index contributed by atoms with van der Waals surface area (Å²) < 4.78 is 5.27. The standard InChI is InChI=1S/C7H11NO2S2/c1-8-4-3-5(6(8)9)12-7(11)10-2/h5H,3-4H2,1-2H3. The number of carbonyl (C=O) groups excluding carboxylic acids is 1. The number of ether oxygens (including phenoxy) is 1. The first-order chi connectivity index (χ1) is 5.65. The van der Waals surface area contributed by atoms with Gasteiger partial charge < -0.3 is 9.64 Å². The number of methoxy groups -OCH3 is 1. The molecule has 1 atom stereocenters. The minimum Gasteiger partial charge on any atom is -0.482 e. The number of carbonyl (C=O) groups is 1. The second kappa shape index (κ2) is 4.09. The largest absolute Gasteiger partial charge is 0.482 e. The van der Waals surface area contributed by atoms with Crippen molar-refractivity contribution in [1.82, 2.24) is 4.90 Å². The quantitative estimate of drug-likeness (QED) is 0.594. The Hall–Kier alpha value is -0.290. The van der Waals surface area contributed by atoms with Gasteiger partial charge in [-0.05, 0) is 18.6 Å². The van der Waals surface area contributed by atoms with E-state index in [2.05, 4.69) is 0 Å². The maximum Gasteiger partial charge on any atom is 0.236 e. The lowest BCUT2D eigenvalue weighted by molar-refractivity contribution is -0.126. The van der Waals surface area contributed by atoms with Gasteiger partial charge in [-0.2, -0.15) is 0 Å². The number of hydrogen-bond acceptors (Lipinski definition) is 4. The van der Waals surface area contributed by atoms with Crippen molar-refractivity contribution in [2.24, 2.45) is 0 Å². The molecule has 0 bridgehead atoms. The highest BCUT2D eigenvalue weighted by molar-refractivity contribution is 8.23. The van der Waals surface area contributed by atoms with Crippen molar-refractivity contribution in [1.29, 1.82) is 0 Å². The number of likely N-dealkylation sites (tertiary alicyclic amines) is 1. The third-order valence-electron chi connectivity index (χ3n) is 1.78. The zero-order chi connectivity index (χ0) is 9.14. The van der Waals surface area contributed by atoms with Gasteiger partial charge in [0.25, 0.3) is 0 Å². The maximum atomic E-state index is 11.3. The number of thiocarbonyl (C=S) groups is 1. The van der Waals surface area contributed by atoms with E-state index in [1.165, 1.54) is 18.9 Å². The molecule has 1 aliphatic rings. The highest BCUT2D eigenvalue weighted by Crippen LogP contribution is 2.24. The SMILES string of the molecule is COC(=S)SC1CCN(C)C1=O. The summed E-state index contributed by atoms with van der Waals surface area (Å²) in [5.41, 5.74) is 0. The van der Waals surface area contributed by atoms with E-state index in [1.807, 2.05) is 0 Å². The van der Waals surface area contributed by atoms with E-state index < -0.39 is 0 Å². The predicted molar refractivity (Wildman–Crippen MR) is 53.2 cm³/mol. The summed E-state index contributed by atoms with van der Waals surface area (Å²) in [5.74, 6) is 0.152. The van der Waals surface area contributed by atoms with Crippen LogP contribution >= 0.6 is 24.0 Å². The molecule has 0 spiro atoms. The molecule has 1 amide bonds. The Bertz CT molecular complexity index is 208. The molecule has 0 aromatic carbocycles. The summed E-state index contributed by atoms with van der Waals surface area (Å²) in [6.45, 7) is 0.822. The second-order valence-corrected chi connectivity index (χ2v) is 4.41. The maximum absolute atomic E-state index is 11.3. The van der Waals surface area contributed by atoms with Crippen LogP contribution in [0.3, 0.4) is 0 Å². The molecule has 1 rings (SSSR count). The van der Waals surface area contributed by atoms with Gasteiger partial charge in [0.2, 0.25) is 10.3 Å².